The first-order valence-electron chi connectivity index (χ1n) is 20.2. The Bertz CT molecular complexity index is 3150. The van der Waals surface area contributed by atoms with Gasteiger partial charge in [-0.05, 0) is 129 Å². The maximum Gasteiger partial charge on any atom is 0.127 e. The van der Waals surface area contributed by atoms with Crippen molar-refractivity contribution in [2.24, 2.45) is 0 Å². The summed E-state index contributed by atoms with van der Waals surface area (Å²) in [7, 11) is 0. The summed E-state index contributed by atoms with van der Waals surface area (Å²) in [4.78, 5) is 2.33. The van der Waals surface area contributed by atoms with Gasteiger partial charge in [-0.1, -0.05) is 127 Å². The van der Waals surface area contributed by atoms with Crippen molar-refractivity contribution in [3.8, 4) is 62.0 Å². The highest BCUT2D eigenvalue weighted by molar-refractivity contribution is 6.10. The van der Waals surface area contributed by atoms with Crippen LogP contribution in [0.4, 0.5) is 17.1 Å². The molecule has 1 aromatic heterocycles. The number of hydrogen-bond acceptors (Lipinski definition) is 3. The Kier molecular flexibility index (Phi) is 8.57. The van der Waals surface area contributed by atoms with Gasteiger partial charge in [0.05, 0.1) is 22.7 Å². The van der Waals surface area contributed by atoms with Gasteiger partial charge in [0.25, 0.3) is 0 Å². The second-order valence-electron chi connectivity index (χ2n) is 15.2. The van der Waals surface area contributed by atoms with Crippen molar-refractivity contribution in [1.82, 2.24) is 4.57 Å². The number of ether oxygens (including phenoxy) is 1. The van der Waals surface area contributed by atoms with E-state index < -0.39 is 0 Å². The van der Waals surface area contributed by atoms with E-state index >= 15 is 0 Å². The SMILES string of the molecule is N#Cc1ccc2c(c1)-c1cc(-n3c4ccccc4c4cc(-c5ccc(N(c6ccc(-c7ccccc7)cc6)c6ccc(-c7ccccc7)cc6)cc5)ccc43)ccc1OC2. The molecule has 0 amide bonds. The van der Waals surface area contributed by atoms with Crippen molar-refractivity contribution in [3.63, 3.8) is 0 Å². The zero-order valence-electron chi connectivity index (χ0n) is 32.7. The Labute approximate surface area is 349 Å². The topological polar surface area (TPSA) is 41.2 Å². The second-order valence-corrected chi connectivity index (χ2v) is 15.2. The second kappa shape index (κ2) is 14.7. The summed E-state index contributed by atoms with van der Waals surface area (Å²) in [6.07, 6.45) is 0. The van der Waals surface area contributed by atoms with Gasteiger partial charge in [-0.15, -0.1) is 0 Å². The van der Waals surface area contributed by atoms with Gasteiger partial charge in [-0.3, -0.25) is 0 Å². The molecule has 0 atom stereocenters. The molecule has 0 saturated heterocycles. The summed E-state index contributed by atoms with van der Waals surface area (Å²) < 4.78 is 8.49. The van der Waals surface area contributed by atoms with E-state index in [0.717, 1.165) is 67.3 Å². The number of benzene rings is 9. The zero-order valence-corrected chi connectivity index (χ0v) is 32.7. The maximum atomic E-state index is 9.66. The van der Waals surface area contributed by atoms with Gasteiger partial charge in [0.1, 0.15) is 12.4 Å². The maximum absolute atomic E-state index is 9.66. The summed E-state index contributed by atoms with van der Waals surface area (Å²) >= 11 is 0. The first kappa shape index (κ1) is 35.1. The molecule has 282 valence electrons. The average molecular weight is 768 g/mol. The minimum Gasteiger partial charge on any atom is -0.488 e. The molecule has 4 heteroatoms. The number of rotatable bonds is 7. The molecule has 10 aromatic rings. The quantitative estimate of drug-likeness (QED) is 0.162. The van der Waals surface area contributed by atoms with Crippen LogP contribution in [-0.2, 0) is 6.61 Å². The summed E-state index contributed by atoms with van der Waals surface area (Å²) in [5.41, 5.74) is 17.4. The molecular formula is C56H37N3O. The largest absolute Gasteiger partial charge is 0.488 e. The Hall–Kier alpha value is -8.13. The van der Waals surface area contributed by atoms with Gasteiger partial charge in [0.15, 0.2) is 0 Å². The van der Waals surface area contributed by atoms with E-state index in [4.69, 9.17) is 4.74 Å². The lowest BCUT2D eigenvalue weighted by Crippen LogP contribution is -2.09. The Morgan fingerprint density at radius 3 is 1.58 bits per heavy atom. The molecule has 11 rings (SSSR count). The van der Waals surface area contributed by atoms with Crippen molar-refractivity contribution in [2.75, 3.05) is 4.90 Å². The Morgan fingerprint density at radius 2 is 0.967 bits per heavy atom. The first-order chi connectivity index (χ1) is 29.7. The summed E-state index contributed by atoms with van der Waals surface area (Å²) in [6, 6.07) is 77.6. The summed E-state index contributed by atoms with van der Waals surface area (Å²) in [5.74, 6) is 0.833. The molecule has 60 heavy (non-hydrogen) atoms. The number of nitrogens with zero attached hydrogens (tertiary/aromatic N) is 3. The molecule has 2 heterocycles. The van der Waals surface area contributed by atoms with Gasteiger partial charge < -0.3 is 14.2 Å². The van der Waals surface area contributed by atoms with Gasteiger partial charge in [0, 0.05) is 39.1 Å². The number of aromatic nitrogens is 1. The normalized spacial score (nSPS) is 11.7. The highest BCUT2D eigenvalue weighted by Gasteiger charge is 2.21. The standard InChI is InChI=1S/C56H37N3O/c57-36-38-15-16-45-37-60-56-32-30-49(35-53(56)51(45)33-38)59-54-14-8-7-13-50(54)52-34-44(23-31-55(52)59)43-21-28-48(29-22-43)58(46-24-17-41(18-25-46)39-9-3-1-4-10-39)47-26-19-42(20-27-47)40-11-5-2-6-12-40/h1-35H,37H2. The third kappa shape index (κ3) is 6.18. The zero-order chi connectivity index (χ0) is 40.0. The number of fused-ring (bicyclic) bond motifs is 6. The number of nitriles is 1. The molecule has 0 spiro atoms. The lowest BCUT2D eigenvalue weighted by atomic mass is 9.95. The highest BCUT2D eigenvalue weighted by Crippen LogP contribution is 2.43. The summed E-state index contributed by atoms with van der Waals surface area (Å²) in [5, 5.41) is 12.0. The number of anilines is 3. The van der Waals surface area contributed by atoms with Crippen molar-refractivity contribution < 1.29 is 4.74 Å². The summed E-state index contributed by atoms with van der Waals surface area (Å²) in [6.45, 7) is 0.494. The minimum absolute atomic E-state index is 0.494. The van der Waals surface area contributed by atoms with E-state index in [1.165, 1.54) is 33.0 Å². The van der Waals surface area contributed by atoms with Gasteiger partial charge in [0.2, 0.25) is 0 Å². The van der Waals surface area contributed by atoms with Gasteiger partial charge in [-0.2, -0.15) is 5.26 Å². The lowest BCUT2D eigenvalue weighted by molar-refractivity contribution is 0.302. The van der Waals surface area contributed by atoms with Crippen LogP contribution < -0.4 is 9.64 Å². The highest BCUT2D eigenvalue weighted by atomic mass is 16.5. The van der Waals surface area contributed by atoms with Gasteiger partial charge >= 0.3 is 0 Å². The molecule has 0 bridgehead atoms. The third-order valence-corrected chi connectivity index (χ3v) is 11.7. The monoisotopic (exact) mass is 767 g/mol. The van der Waals surface area contributed by atoms with Crippen molar-refractivity contribution in [1.29, 1.82) is 5.26 Å². The third-order valence-electron chi connectivity index (χ3n) is 11.7. The molecule has 9 aromatic carbocycles. The van der Waals surface area contributed by atoms with Crippen LogP contribution >= 0.6 is 0 Å². The Balaban J connectivity index is 0.968. The molecule has 0 fully saturated rings. The fourth-order valence-corrected chi connectivity index (χ4v) is 8.72. The fraction of sp³-hybridized carbons (Fsp3) is 0.0179. The average Bonchev–Trinajstić information content (AvgIpc) is 3.66. The fourth-order valence-electron chi connectivity index (χ4n) is 8.72. The van der Waals surface area contributed by atoms with E-state index in [1.54, 1.807) is 0 Å². The van der Waals surface area contributed by atoms with Crippen LogP contribution in [0.25, 0.3) is 72.0 Å². The van der Waals surface area contributed by atoms with Crippen molar-refractivity contribution in [3.05, 3.63) is 223 Å². The van der Waals surface area contributed by atoms with Gasteiger partial charge in [-0.25, -0.2) is 0 Å². The van der Waals surface area contributed by atoms with Crippen LogP contribution in [0.3, 0.4) is 0 Å². The first-order valence-corrected chi connectivity index (χ1v) is 20.2. The van der Waals surface area contributed by atoms with E-state index in [-0.39, 0.29) is 0 Å². The predicted molar refractivity (Wildman–Crippen MR) is 246 cm³/mol. The molecule has 0 radical (unpaired) electrons. The number of para-hydroxylation sites is 1. The van der Waals surface area contributed by atoms with Crippen LogP contribution in [0.5, 0.6) is 5.75 Å². The molecule has 1 aliphatic heterocycles. The van der Waals surface area contributed by atoms with Crippen molar-refractivity contribution in [2.45, 2.75) is 6.61 Å². The van der Waals surface area contributed by atoms with Crippen molar-refractivity contribution >= 4 is 38.9 Å². The molecule has 0 aliphatic carbocycles. The molecule has 0 N–H and O–H groups in total. The minimum atomic E-state index is 0.494. The van der Waals surface area contributed by atoms with E-state index in [1.807, 2.05) is 18.2 Å². The Morgan fingerprint density at radius 1 is 0.433 bits per heavy atom. The van der Waals surface area contributed by atoms with Crippen LogP contribution in [0.15, 0.2) is 212 Å². The molecule has 0 saturated carbocycles. The molecule has 1 aliphatic rings. The van der Waals surface area contributed by atoms with Crippen LogP contribution in [0.1, 0.15) is 11.1 Å². The molecule has 0 unspecified atom stereocenters. The smallest absolute Gasteiger partial charge is 0.127 e. The lowest BCUT2D eigenvalue weighted by Gasteiger charge is -2.26. The molecule has 4 nitrogen and oxygen atoms in total. The van der Waals surface area contributed by atoms with Crippen LogP contribution in [0, 0.1) is 11.3 Å². The van der Waals surface area contributed by atoms with Crippen LogP contribution in [-0.4, -0.2) is 4.57 Å². The van der Waals surface area contributed by atoms with E-state index in [9.17, 15) is 5.26 Å². The van der Waals surface area contributed by atoms with Crippen LogP contribution in [0.2, 0.25) is 0 Å². The van der Waals surface area contributed by atoms with E-state index in [0.29, 0.717) is 12.2 Å². The van der Waals surface area contributed by atoms with E-state index in [2.05, 4.69) is 210 Å². The number of hydrogen-bond donors (Lipinski definition) is 0. The molecular weight excluding hydrogens is 731 g/mol. The predicted octanol–water partition coefficient (Wildman–Crippen LogP) is 14.7.